The molecule has 0 fully saturated rings. The van der Waals surface area contributed by atoms with Gasteiger partial charge in [-0.25, -0.2) is 4.79 Å². The highest BCUT2D eigenvalue weighted by atomic mass is 35.5. The summed E-state index contributed by atoms with van der Waals surface area (Å²) in [6.07, 6.45) is 0. The van der Waals surface area contributed by atoms with Crippen LogP contribution in [0.3, 0.4) is 0 Å². The van der Waals surface area contributed by atoms with Crippen molar-refractivity contribution in [2.24, 2.45) is 0 Å². The number of nitrogens with one attached hydrogen (secondary N) is 1. The lowest BCUT2D eigenvalue weighted by atomic mass is 10.1. The van der Waals surface area contributed by atoms with E-state index in [4.69, 9.17) is 20.9 Å². The first kappa shape index (κ1) is 20.3. The second-order valence-electron chi connectivity index (χ2n) is 6.57. The molecular weight excluding hydrogens is 418 g/mol. The van der Waals surface area contributed by atoms with Crippen LogP contribution in [0.2, 0.25) is 5.02 Å². The molecule has 4 aromatic rings. The Hall–Kier alpha value is -3.97. The number of aryl methyl sites for hydroxylation is 1. The Morgan fingerprint density at radius 2 is 1.68 bits per heavy atom. The van der Waals surface area contributed by atoms with Crippen LogP contribution in [0.1, 0.15) is 26.5 Å². The van der Waals surface area contributed by atoms with Crippen molar-refractivity contribution in [1.29, 1.82) is 0 Å². The van der Waals surface area contributed by atoms with Gasteiger partial charge in [0.15, 0.2) is 5.82 Å². The van der Waals surface area contributed by atoms with Gasteiger partial charge in [0.25, 0.3) is 11.8 Å². The summed E-state index contributed by atoms with van der Waals surface area (Å²) in [5.74, 6) is 0.419. The summed E-state index contributed by atoms with van der Waals surface area (Å²) in [7, 11) is 0. The van der Waals surface area contributed by atoms with E-state index in [0.29, 0.717) is 44.9 Å². The van der Waals surface area contributed by atoms with E-state index in [1.54, 1.807) is 79.7 Å². The lowest BCUT2D eigenvalue weighted by molar-refractivity contribution is 0.0734. The molecule has 154 valence electrons. The fourth-order valence-electron chi connectivity index (χ4n) is 2.78. The molecule has 0 aliphatic rings. The minimum atomic E-state index is -0.513. The molecule has 31 heavy (non-hydrogen) atoms. The molecule has 0 bridgehead atoms. The molecule has 3 aromatic carbocycles. The smallest absolute Gasteiger partial charge is 0.343 e. The molecular formula is C23H16ClN3O4. The summed E-state index contributed by atoms with van der Waals surface area (Å²) in [5, 5.41) is 6.86. The number of benzene rings is 3. The number of ether oxygens (including phenoxy) is 1. The van der Waals surface area contributed by atoms with Crippen LogP contribution in [0.15, 0.2) is 77.3 Å². The van der Waals surface area contributed by atoms with E-state index in [-0.39, 0.29) is 5.91 Å². The van der Waals surface area contributed by atoms with Crippen molar-refractivity contribution < 1.29 is 18.8 Å². The largest absolute Gasteiger partial charge is 0.423 e. The molecule has 8 heteroatoms. The van der Waals surface area contributed by atoms with Gasteiger partial charge in [0, 0.05) is 11.3 Å². The predicted molar refractivity (Wildman–Crippen MR) is 115 cm³/mol. The maximum Gasteiger partial charge on any atom is 0.343 e. The average molecular weight is 434 g/mol. The summed E-state index contributed by atoms with van der Waals surface area (Å²) >= 11 is 6.04. The maximum atomic E-state index is 12.4. The van der Waals surface area contributed by atoms with Gasteiger partial charge in [0.1, 0.15) is 5.75 Å². The molecule has 1 aromatic heterocycles. The van der Waals surface area contributed by atoms with Crippen LogP contribution < -0.4 is 10.1 Å². The van der Waals surface area contributed by atoms with Crippen LogP contribution in [0.25, 0.3) is 11.5 Å². The predicted octanol–water partition coefficient (Wildman–Crippen LogP) is 5.17. The Balaban J connectivity index is 1.39. The number of nitrogens with zero attached hydrogens (tertiary/aromatic N) is 2. The molecule has 1 amide bonds. The van der Waals surface area contributed by atoms with Crippen molar-refractivity contribution in [3.8, 4) is 17.2 Å². The summed E-state index contributed by atoms with van der Waals surface area (Å²) in [6, 6.07) is 19.9. The average Bonchev–Trinajstić information content (AvgIpc) is 3.22. The molecule has 0 aliphatic heterocycles. The molecule has 4 rings (SSSR count). The van der Waals surface area contributed by atoms with E-state index in [0.717, 1.165) is 0 Å². The normalized spacial score (nSPS) is 10.5. The molecule has 1 heterocycles. The number of hydrogen-bond donors (Lipinski definition) is 1. The van der Waals surface area contributed by atoms with Crippen molar-refractivity contribution in [3.05, 3.63) is 94.8 Å². The second kappa shape index (κ2) is 8.81. The first-order valence-corrected chi connectivity index (χ1v) is 9.66. The Morgan fingerprint density at radius 3 is 2.32 bits per heavy atom. The minimum Gasteiger partial charge on any atom is -0.423 e. The van der Waals surface area contributed by atoms with Crippen LogP contribution in [0.4, 0.5) is 5.69 Å². The molecule has 1 N–H and O–H groups in total. The van der Waals surface area contributed by atoms with E-state index in [1.807, 2.05) is 0 Å². The Labute approximate surface area is 182 Å². The zero-order chi connectivity index (χ0) is 21.8. The van der Waals surface area contributed by atoms with E-state index in [1.165, 1.54) is 0 Å². The molecule has 0 aliphatic carbocycles. The van der Waals surface area contributed by atoms with Gasteiger partial charge in [-0.15, -0.1) is 0 Å². The first-order valence-electron chi connectivity index (χ1n) is 9.28. The SMILES string of the molecule is Cc1noc(-c2ccc(C(=O)Oc3ccc(NC(=O)c4ccccc4Cl)cc3)cc2)n1. The number of hydrogen-bond acceptors (Lipinski definition) is 6. The number of carbonyl (C=O) groups excluding carboxylic acids is 2. The van der Waals surface area contributed by atoms with Gasteiger partial charge in [0.05, 0.1) is 16.1 Å². The Morgan fingerprint density at radius 1 is 0.968 bits per heavy atom. The van der Waals surface area contributed by atoms with Crippen LogP contribution in [0, 0.1) is 6.92 Å². The summed E-state index contributed by atoms with van der Waals surface area (Å²) < 4.78 is 10.5. The number of esters is 1. The maximum absolute atomic E-state index is 12.4. The zero-order valence-electron chi connectivity index (χ0n) is 16.3. The molecule has 0 radical (unpaired) electrons. The van der Waals surface area contributed by atoms with Crippen molar-refractivity contribution in [3.63, 3.8) is 0 Å². The van der Waals surface area contributed by atoms with Gasteiger partial charge in [-0.2, -0.15) is 4.98 Å². The van der Waals surface area contributed by atoms with Gasteiger partial charge in [-0.3, -0.25) is 4.79 Å². The highest BCUT2D eigenvalue weighted by molar-refractivity contribution is 6.34. The number of carbonyl (C=O) groups is 2. The molecule has 0 saturated carbocycles. The van der Waals surface area contributed by atoms with Gasteiger partial charge in [0.2, 0.25) is 0 Å². The summed E-state index contributed by atoms with van der Waals surface area (Å²) in [5.41, 5.74) is 1.99. The van der Waals surface area contributed by atoms with Gasteiger partial charge < -0.3 is 14.6 Å². The second-order valence-corrected chi connectivity index (χ2v) is 6.98. The monoisotopic (exact) mass is 433 g/mol. The minimum absolute atomic E-state index is 0.327. The molecule has 0 unspecified atom stereocenters. The molecule has 0 atom stereocenters. The van der Waals surface area contributed by atoms with E-state index >= 15 is 0 Å². The summed E-state index contributed by atoms with van der Waals surface area (Å²) in [4.78, 5) is 28.9. The van der Waals surface area contributed by atoms with Crippen molar-refractivity contribution >= 4 is 29.2 Å². The van der Waals surface area contributed by atoms with Crippen LogP contribution in [-0.4, -0.2) is 22.0 Å². The van der Waals surface area contributed by atoms with Crippen molar-refractivity contribution in [2.75, 3.05) is 5.32 Å². The van der Waals surface area contributed by atoms with Crippen molar-refractivity contribution in [2.45, 2.75) is 6.92 Å². The number of amides is 1. The van der Waals surface area contributed by atoms with E-state index in [2.05, 4.69) is 15.5 Å². The quantitative estimate of drug-likeness (QED) is 0.344. The lowest BCUT2D eigenvalue weighted by Gasteiger charge is -2.08. The zero-order valence-corrected chi connectivity index (χ0v) is 17.1. The van der Waals surface area contributed by atoms with Crippen LogP contribution in [-0.2, 0) is 0 Å². The molecule has 0 spiro atoms. The highest BCUT2D eigenvalue weighted by Gasteiger charge is 2.13. The van der Waals surface area contributed by atoms with Crippen molar-refractivity contribution in [1.82, 2.24) is 10.1 Å². The van der Waals surface area contributed by atoms with Crippen LogP contribution >= 0.6 is 11.6 Å². The number of rotatable bonds is 5. The van der Waals surface area contributed by atoms with Gasteiger partial charge in [-0.1, -0.05) is 28.9 Å². The van der Waals surface area contributed by atoms with Gasteiger partial charge in [-0.05, 0) is 67.6 Å². The molecule has 7 nitrogen and oxygen atoms in total. The third-order valence-electron chi connectivity index (χ3n) is 4.34. The Bertz CT molecular complexity index is 1230. The fraction of sp³-hybridized carbons (Fsp3) is 0.0435. The Kier molecular flexibility index (Phi) is 5.77. The highest BCUT2D eigenvalue weighted by Crippen LogP contribution is 2.21. The van der Waals surface area contributed by atoms with Gasteiger partial charge >= 0.3 is 5.97 Å². The third-order valence-corrected chi connectivity index (χ3v) is 4.67. The standard InChI is InChI=1S/C23H16ClN3O4/c1-14-25-22(31-27-14)15-6-8-16(9-7-15)23(29)30-18-12-10-17(11-13-18)26-21(28)19-4-2-3-5-20(19)24/h2-13H,1H3,(H,26,28). The first-order chi connectivity index (χ1) is 15.0. The lowest BCUT2D eigenvalue weighted by Crippen LogP contribution is -2.12. The third kappa shape index (κ3) is 4.79. The number of halogens is 1. The van der Waals surface area contributed by atoms with E-state index < -0.39 is 5.97 Å². The van der Waals surface area contributed by atoms with E-state index in [9.17, 15) is 9.59 Å². The fourth-order valence-corrected chi connectivity index (χ4v) is 3.00. The van der Waals surface area contributed by atoms with Crippen LogP contribution in [0.5, 0.6) is 5.75 Å². The number of aromatic nitrogens is 2. The molecule has 0 saturated heterocycles. The number of anilines is 1. The summed E-state index contributed by atoms with van der Waals surface area (Å²) in [6.45, 7) is 1.73. The topological polar surface area (TPSA) is 94.3 Å².